The third kappa shape index (κ3) is 2.80. The number of rotatable bonds is 4. The SMILES string of the molecule is COc1ccc(C)cc1NCc1sccc1C. The lowest BCUT2D eigenvalue weighted by molar-refractivity contribution is 0.416. The highest BCUT2D eigenvalue weighted by atomic mass is 32.1. The third-order valence-corrected chi connectivity index (χ3v) is 3.79. The van der Waals surface area contributed by atoms with Gasteiger partial charge in [-0.15, -0.1) is 11.3 Å². The molecule has 2 aromatic rings. The Balaban J connectivity index is 2.13. The number of methoxy groups -OCH3 is 1. The Kier molecular flexibility index (Phi) is 3.69. The average molecular weight is 247 g/mol. The Morgan fingerprint density at radius 2 is 2.06 bits per heavy atom. The van der Waals surface area contributed by atoms with Gasteiger partial charge in [0.25, 0.3) is 0 Å². The lowest BCUT2D eigenvalue weighted by atomic mass is 10.2. The molecule has 1 aromatic carbocycles. The minimum Gasteiger partial charge on any atom is -0.495 e. The predicted molar refractivity (Wildman–Crippen MR) is 74.1 cm³/mol. The van der Waals surface area contributed by atoms with Crippen molar-refractivity contribution in [1.82, 2.24) is 0 Å². The summed E-state index contributed by atoms with van der Waals surface area (Å²) in [5, 5.41) is 5.56. The van der Waals surface area contributed by atoms with E-state index in [-0.39, 0.29) is 0 Å². The molecular weight excluding hydrogens is 230 g/mol. The normalized spacial score (nSPS) is 10.3. The maximum absolute atomic E-state index is 5.34. The first-order chi connectivity index (χ1) is 8.20. The van der Waals surface area contributed by atoms with Crippen LogP contribution in [0.4, 0.5) is 5.69 Å². The van der Waals surface area contributed by atoms with Gasteiger partial charge in [0.15, 0.2) is 0 Å². The van der Waals surface area contributed by atoms with Gasteiger partial charge in [0.2, 0.25) is 0 Å². The third-order valence-electron chi connectivity index (χ3n) is 2.76. The van der Waals surface area contributed by atoms with Crippen molar-refractivity contribution in [2.75, 3.05) is 12.4 Å². The van der Waals surface area contributed by atoms with Crippen LogP contribution in [0.15, 0.2) is 29.6 Å². The highest BCUT2D eigenvalue weighted by Crippen LogP contribution is 2.26. The minimum atomic E-state index is 0.851. The first-order valence-corrected chi connectivity index (χ1v) is 6.50. The van der Waals surface area contributed by atoms with Gasteiger partial charge < -0.3 is 10.1 Å². The summed E-state index contributed by atoms with van der Waals surface area (Å²) in [5.41, 5.74) is 3.63. The highest BCUT2D eigenvalue weighted by Gasteiger charge is 2.04. The number of hydrogen-bond acceptors (Lipinski definition) is 3. The fourth-order valence-electron chi connectivity index (χ4n) is 1.72. The van der Waals surface area contributed by atoms with Crippen LogP contribution in [0.3, 0.4) is 0 Å². The van der Waals surface area contributed by atoms with Gasteiger partial charge in [-0.2, -0.15) is 0 Å². The summed E-state index contributed by atoms with van der Waals surface area (Å²) in [6.07, 6.45) is 0. The van der Waals surface area contributed by atoms with Gasteiger partial charge in [0.1, 0.15) is 5.75 Å². The van der Waals surface area contributed by atoms with Crippen molar-refractivity contribution in [3.05, 3.63) is 45.6 Å². The van der Waals surface area contributed by atoms with Crippen molar-refractivity contribution in [3.8, 4) is 5.75 Å². The second kappa shape index (κ2) is 5.23. The van der Waals surface area contributed by atoms with E-state index < -0.39 is 0 Å². The molecule has 1 heterocycles. The van der Waals surface area contributed by atoms with E-state index in [9.17, 15) is 0 Å². The Labute approximate surface area is 106 Å². The largest absolute Gasteiger partial charge is 0.495 e. The molecule has 0 spiro atoms. The van der Waals surface area contributed by atoms with Crippen molar-refractivity contribution < 1.29 is 4.74 Å². The van der Waals surface area contributed by atoms with Gasteiger partial charge in [-0.05, 0) is 48.6 Å². The summed E-state index contributed by atoms with van der Waals surface area (Å²) < 4.78 is 5.34. The zero-order valence-corrected chi connectivity index (χ0v) is 11.2. The number of hydrogen-bond donors (Lipinski definition) is 1. The van der Waals surface area contributed by atoms with Crippen molar-refractivity contribution in [2.24, 2.45) is 0 Å². The lowest BCUT2D eigenvalue weighted by Crippen LogP contribution is -2.01. The van der Waals surface area contributed by atoms with Crippen LogP contribution in [0.25, 0.3) is 0 Å². The molecule has 0 saturated carbocycles. The second-order valence-electron chi connectivity index (χ2n) is 4.08. The molecule has 90 valence electrons. The first kappa shape index (κ1) is 12.0. The summed E-state index contributed by atoms with van der Waals surface area (Å²) in [6, 6.07) is 8.32. The summed E-state index contributed by atoms with van der Waals surface area (Å²) in [7, 11) is 1.70. The van der Waals surface area contributed by atoms with E-state index in [0.29, 0.717) is 0 Å². The molecule has 0 bridgehead atoms. The van der Waals surface area contributed by atoms with E-state index in [1.807, 2.05) is 6.07 Å². The quantitative estimate of drug-likeness (QED) is 0.882. The molecule has 3 heteroatoms. The maximum Gasteiger partial charge on any atom is 0.141 e. The van der Waals surface area contributed by atoms with Crippen molar-refractivity contribution >= 4 is 17.0 Å². The Morgan fingerprint density at radius 3 is 2.71 bits per heavy atom. The molecule has 1 aromatic heterocycles. The Bertz CT molecular complexity index is 505. The molecule has 0 aliphatic rings. The van der Waals surface area contributed by atoms with Crippen LogP contribution >= 0.6 is 11.3 Å². The van der Waals surface area contributed by atoms with E-state index in [4.69, 9.17) is 4.74 Å². The van der Waals surface area contributed by atoms with Gasteiger partial charge in [0.05, 0.1) is 12.8 Å². The van der Waals surface area contributed by atoms with Gasteiger partial charge in [-0.1, -0.05) is 6.07 Å². The van der Waals surface area contributed by atoms with Crippen LogP contribution in [-0.2, 0) is 6.54 Å². The highest BCUT2D eigenvalue weighted by molar-refractivity contribution is 7.10. The van der Waals surface area contributed by atoms with Gasteiger partial charge >= 0.3 is 0 Å². The molecule has 0 amide bonds. The maximum atomic E-state index is 5.34. The van der Waals surface area contributed by atoms with Crippen molar-refractivity contribution in [1.29, 1.82) is 0 Å². The first-order valence-electron chi connectivity index (χ1n) is 5.62. The molecule has 1 N–H and O–H groups in total. The lowest BCUT2D eigenvalue weighted by Gasteiger charge is -2.11. The summed E-state index contributed by atoms with van der Waals surface area (Å²) in [4.78, 5) is 1.37. The average Bonchev–Trinajstić information content (AvgIpc) is 2.72. The summed E-state index contributed by atoms with van der Waals surface area (Å²) >= 11 is 1.78. The zero-order chi connectivity index (χ0) is 12.3. The van der Waals surface area contributed by atoms with E-state index in [1.54, 1.807) is 18.4 Å². The predicted octanol–water partition coefficient (Wildman–Crippen LogP) is 3.99. The number of nitrogens with one attached hydrogen (secondary N) is 1. The summed E-state index contributed by atoms with van der Waals surface area (Å²) in [6.45, 7) is 5.07. The van der Waals surface area contributed by atoms with Gasteiger partial charge in [0, 0.05) is 11.4 Å². The number of thiophene rings is 1. The standard InChI is InChI=1S/C14H17NOS/c1-10-4-5-13(16-3)12(8-10)15-9-14-11(2)6-7-17-14/h4-8,15H,9H2,1-3H3. The number of aryl methyl sites for hydroxylation is 2. The van der Waals surface area contributed by atoms with Crippen LogP contribution in [0.5, 0.6) is 5.75 Å². The molecule has 0 aliphatic carbocycles. The Hall–Kier alpha value is -1.48. The Morgan fingerprint density at radius 1 is 1.24 bits per heavy atom. The number of anilines is 1. The van der Waals surface area contributed by atoms with Crippen molar-refractivity contribution in [3.63, 3.8) is 0 Å². The molecule has 0 radical (unpaired) electrons. The topological polar surface area (TPSA) is 21.3 Å². The van der Waals surface area contributed by atoms with Gasteiger partial charge in [-0.3, -0.25) is 0 Å². The molecule has 2 nitrogen and oxygen atoms in total. The van der Waals surface area contributed by atoms with Crippen LogP contribution in [-0.4, -0.2) is 7.11 Å². The molecule has 0 atom stereocenters. The van der Waals surface area contributed by atoms with E-state index in [1.165, 1.54) is 16.0 Å². The molecule has 2 rings (SSSR count). The van der Waals surface area contributed by atoms with Gasteiger partial charge in [-0.25, -0.2) is 0 Å². The number of benzene rings is 1. The second-order valence-corrected chi connectivity index (χ2v) is 5.08. The zero-order valence-electron chi connectivity index (χ0n) is 10.4. The monoisotopic (exact) mass is 247 g/mol. The minimum absolute atomic E-state index is 0.851. The number of ether oxygens (including phenoxy) is 1. The fraction of sp³-hybridized carbons (Fsp3) is 0.286. The van der Waals surface area contributed by atoms with E-state index >= 15 is 0 Å². The van der Waals surface area contributed by atoms with Crippen LogP contribution in [0.2, 0.25) is 0 Å². The molecular formula is C14H17NOS. The summed E-state index contributed by atoms with van der Waals surface area (Å²) in [5.74, 6) is 0.893. The van der Waals surface area contributed by atoms with Crippen LogP contribution in [0.1, 0.15) is 16.0 Å². The molecule has 17 heavy (non-hydrogen) atoms. The molecule has 0 saturated heterocycles. The van der Waals surface area contributed by atoms with Crippen molar-refractivity contribution in [2.45, 2.75) is 20.4 Å². The molecule has 0 unspecified atom stereocenters. The van der Waals surface area contributed by atoms with Crippen LogP contribution < -0.4 is 10.1 Å². The molecule has 0 aliphatic heterocycles. The van der Waals surface area contributed by atoms with Crippen LogP contribution in [0, 0.1) is 13.8 Å². The fourth-order valence-corrected chi connectivity index (χ4v) is 2.57. The van der Waals surface area contributed by atoms with E-state index in [2.05, 4.69) is 42.7 Å². The molecule has 0 fully saturated rings. The van der Waals surface area contributed by atoms with E-state index in [0.717, 1.165) is 18.0 Å². The smallest absolute Gasteiger partial charge is 0.141 e.